The molecule has 16 heavy (non-hydrogen) atoms. The first kappa shape index (κ1) is 18.5. The van der Waals surface area contributed by atoms with Gasteiger partial charge in [-0.2, -0.15) is 0 Å². The molecule has 4 heteroatoms. The van der Waals surface area contributed by atoms with Gasteiger partial charge in [-0.15, -0.1) is 0 Å². The number of hydrogen-bond donors (Lipinski definition) is 0. The Bertz CT molecular complexity index is 383. The summed E-state index contributed by atoms with van der Waals surface area (Å²) < 4.78 is 1.39. The minimum absolute atomic E-state index is 0. The maximum atomic E-state index is 2.68. The van der Waals surface area contributed by atoms with Gasteiger partial charge >= 0.3 is 88.2 Å². The monoisotopic (exact) mass is 311 g/mol. The molecule has 0 radical (unpaired) electrons. The van der Waals surface area contributed by atoms with E-state index in [0.717, 1.165) is 6.42 Å². The molecule has 1 aliphatic rings. The van der Waals surface area contributed by atoms with Crippen LogP contribution in [-0.2, 0) is 17.4 Å². The van der Waals surface area contributed by atoms with Gasteiger partial charge < -0.3 is 37.2 Å². The Morgan fingerprint density at radius 3 is 2.00 bits per heavy atom. The van der Waals surface area contributed by atoms with Crippen LogP contribution in [0.25, 0.3) is 5.57 Å². The summed E-state index contributed by atoms with van der Waals surface area (Å²) in [5.74, 6) is 0. The zero-order valence-electron chi connectivity index (χ0n) is 8.75. The molecule has 0 bridgehead atoms. The van der Waals surface area contributed by atoms with Crippen LogP contribution in [0.15, 0.2) is 46.3 Å². The largest absolute Gasteiger partial charge is 1.00 e. The molecular formula is C12H11Cl3V. The van der Waals surface area contributed by atoms with Gasteiger partial charge in [0.25, 0.3) is 0 Å². The number of hydrogen-bond acceptors (Lipinski definition) is 0. The molecule has 0 heterocycles. The Balaban J connectivity index is 0. The van der Waals surface area contributed by atoms with E-state index in [4.69, 9.17) is 0 Å². The van der Waals surface area contributed by atoms with Crippen LogP contribution in [0.1, 0.15) is 18.9 Å². The van der Waals surface area contributed by atoms with Crippen LogP contribution in [0.2, 0.25) is 0 Å². The molecule has 0 aromatic heterocycles. The molecule has 0 saturated carbocycles. The summed E-state index contributed by atoms with van der Waals surface area (Å²) in [5.41, 5.74) is 4.19. The van der Waals surface area contributed by atoms with Crippen molar-refractivity contribution in [3.63, 3.8) is 0 Å². The summed E-state index contributed by atoms with van der Waals surface area (Å²) in [5, 5.41) is 0. The van der Waals surface area contributed by atoms with E-state index in [1.54, 1.807) is 0 Å². The molecule has 0 amide bonds. The second-order valence-electron chi connectivity index (χ2n) is 3.32. The summed E-state index contributed by atoms with van der Waals surface area (Å²) >= 11 is 2.68. The summed E-state index contributed by atoms with van der Waals surface area (Å²) in [6.07, 6.45) is 3.41. The van der Waals surface area contributed by atoms with Crippen LogP contribution in [-0.4, -0.2) is 0 Å². The van der Waals surface area contributed by atoms with Crippen LogP contribution in [0.5, 0.6) is 0 Å². The SMILES string of the molecule is CC1=[C]([V+3])C(c2ccccc2)=CC1.[Cl-].[Cl-].[Cl-]. The van der Waals surface area contributed by atoms with Crippen molar-refractivity contribution < 1.29 is 54.6 Å². The van der Waals surface area contributed by atoms with Crippen LogP contribution in [0, 0.1) is 0 Å². The van der Waals surface area contributed by atoms with Gasteiger partial charge in [0.2, 0.25) is 0 Å². The molecule has 0 fully saturated rings. The Morgan fingerprint density at radius 1 is 1.00 bits per heavy atom. The van der Waals surface area contributed by atoms with Gasteiger partial charge in [0.1, 0.15) is 0 Å². The minimum atomic E-state index is 0. The van der Waals surface area contributed by atoms with E-state index < -0.39 is 0 Å². The van der Waals surface area contributed by atoms with Crippen molar-refractivity contribution in [1.82, 2.24) is 0 Å². The Kier molecular flexibility index (Phi) is 9.58. The van der Waals surface area contributed by atoms with E-state index in [0.29, 0.717) is 0 Å². The second-order valence-corrected chi connectivity index (χ2v) is 4.02. The Morgan fingerprint density at radius 2 is 1.56 bits per heavy atom. The van der Waals surface area contributed by atoms with Gasteiger partial charge in [-0.05, 0) is 0 Å². The van der Waals surface area contributed by atoms with Crippen LogP contribution < -0.4 is 37.2 Å². The van der Waals surface area contributed by atoms with Crippen molar-refractivity contribution in [3.8, 4) is 0 Å². The Hall–Kier alpha value is 0.154. The fraction of sp³-hybridized carbons (Fsp3) is 0.167. The van der Waals surface area contributed by atoms with Crippen molar-refractivity contribution in [2.24, 2.45) is 0 Å². The van der Waals surface area contributed by atoms with Crippen molar-refractivity contribution in [2.75, 3.05) is 0 Å². The third kappa shape index (κ3) is 3.87. The molecule has 0 saturated heterocycles. The zero-order chi connectivity index (χ0) is 9.26. The number of benzene rings is 1. The van der Waals surface area contributed by atoms with E-state index in [-0.39, 0.29) is 37.2 Å². The second kappa shape index (κ2) is 8.28. The van der Waals surface area contributed by atoms with E-state index in [9.17, 15) is 0 Å². The van der Waals surface area contributed by atoms with Gasteiger partial charge in [-0.25, -0.2) is 0 Å². The third-order valence-electron chi connectivity index (χ3n) is 2.36. The van der Waals surface area contributed by atoms with Gasteiger partial charge in [0.05, 0.1) is 0 Å². The predicted molar refractivity (Wildman–Crippen MR) is 51.7 cm³/mol. The molecule has 85 valence electrons. The molecule has 0 unspecified atom stereocenters. The zero-order valence-corrected chi connectivity index (χ0v) is 12.4. The first-order valence-electron chi connectivity index (χ1n) is 4.43. The maximum Gasteiger partial charge on any atom is -1.00 e. The van der Waals surface area contributed by atoms with Gasteiger partial charge in [-0.3, -0.25) is 0 Å². The van der Waals surface area contributed by atoms with Gasteiger partial charge in [0.15, 0.2) is 0 Å². The molecule has 0 atom stereocenters. The van der Waals surface area contributed by atoms with Crippen molar-refractivity contribution in [3.05, 3.63) is 51.8 Å². The summed E-state index contributed by atoms with van der Waals surface area (Å²) in [7, 11) is 0. The van der Waals surface area contributed by atoms with E-state index in [1.807, 2.05) is 0 Å². The molecular weight excluding hydrogens is 301 g/mol. The molecule has 2 rings (SSSR count). The quantitative estimate of drug-likeness (QED) is 0.485. The fourth-order valence-electron chi connectivity index (χ4n) is 1.55. The average Bonchev–Trinajstić information content (AvgIpc) is 2.49. The molecule has 0 N–H and O–H groups in total. The van der Waals surface area contributed by atoms with Crippen molar-refractivity contribution in [1.29, 1.82) is 0 Å². The van der Waals surface area contributed by atoms with Gasteiger partial charge in [0, 0.05) is 0 Å². The minimum Gasteiger partial charge on any atom is -1.00 e. The molecule has 0 aliphatic heterocycles. The number of allylic oxidation sites excluding steroid dienone is 4. The summed E-state index contributed by atoms with van der Waals surface area (Å²) in [4.78, 5) is 0. The van der Waals surface area contributed by atoms with Crippen molar-refractivity contribution >= 4 is 5.57 Å². The van der Waals surface area contributed by atoms with E-state index >= 15 is 0 Å². The molecule has 1 aromatic rings. The van der Waals surface area contributed by atoms with Crippen molar-refractivity contribution in [2.45, 2.75) is 13.3 Å². The third-order valence-corrected chi connectivity index (χ3v) is 3.33. The van der Waals surface area contributed by atoms with Crippen LogP contribution in [0.3, 0.4) is 0 Å². The maximum absolute atomic E-state index is 2.68. The molecule has 1 aromatic carbocycles. The number of rotatable bonds is 1. The molecule has 0 spiro atoms. The van der Waals surface area contributed by atoms with Gasteiger partial charge in [-0.1, -0.05) is 0 Å². The topological polar surface area (TPSA) is 0 Å². The first-order valence-corrected chi connectivity index (χ1v) is 5.13. The molecule has 1 aliphatic carbocycles. The van der Waals surface area contributed by atoms with Crippen LogP contribution in [0.4, 0.5) is 0 Å². The van der Waals surface area contributed by atoms with Crippen LogP contribution >= 0.6 is 0 Å². The van der Waals surface area contributed by atoms with E-state index in [1.165, 1.54) is 21.0 Å². The summed E-state index contributed by atoms with van der Waals surface area (Å²) in [6.45, 7) is 2.19. The normalized spacial score (nSPS) is 13.3. The smallest absolute Gasteiger partial charge is 1.00 e. The number of halogens is 3. The van der Waals surface area contributed by atoms with E-state index in [2.05, 4.69) is 60.8 Å². The molecule has 0 nitrogen and oxygen atoms in total. The predicted octanol–water partition coefficient (Wildman–Crippen LogP) is -5.69. The average molecular weight is 313 g/mol. The Labute approximate surface area is 125 Å². The summed E-state index contributed by atoms with van der Waals surface area (Å²) in [6, 6.07) is 10.6. The fourth-order valence-corrected chi connectivity index (χ4v) is 2.04. The standard InChI is InChI=1S/C12H11.3ClH.V/c1-10-7-8-12(9-10)11-5-3-2-4-6-11;;;;/h2-6,8H,7H2,1H3;3*1H;/q;;;;+3/p-3. The first-order chi connectivity index (χ1) is 6.29.